The Labute approximate surface area is 70.7 Å². The molecule has 12 heavy (non-hydrogen) atoms. The van der Waals surface area contributed by atoms with Crippen molar-refractivity contribution in [3.63, 3.8) is 0 Å². The Morgan fingerprint density at radius 3 is 2.33 bits per heavy atom. The number of hydrazine groups is 1. The lowest BCUT2D eigenvalue weighted by Gasteiger charge is -2.18. The Morgan fingerprint density at radius 1 is 1.33 bits per heavy atom. The number of benzene rings is 1. The first-order chi connectivity index (χ1) is 5.77. The summed E-state index contributed by atoms with van der Waals surface area (Å²) in [6.45, 7) is 0. The molecule has 0 aliphatic rings. The summed E-state index contributed by atoms with van der Waals surface area (Å²) < 4.78 is 0. The van der Waals surface area contributed by atoms with E-state index in [9.17, 15) is 5.21 Å². The van der Waals surface area contributed by atoms with E-state index < -0.39 is 0 Å². The van der Waals surface area contributed by atoms with Gasteiger partial charge in [0.05, 0.1) is 0 Å². The molecule has 0 saturated heterocycles. The normalized spacial score (nSPS) is 12.6. The summed E-state index contributed by atoms with van der Waals surface area (Å²) in [6.07, 6.45) is 0. The van der Waals surface area contributed by atoms with Gasteiger partial charge in [-0.2, -0.15) is 0 Å². The van der Waals surface area contributed by atoms with Crippen LogP contribution in [0.25, 0.3) is 0 Å². The van der Waals surface area contributed by atoms with Gasteiger partial charge in [-0.15, -0.1) is 0 Å². The number of nitrogens with two attached hydrogens (primary N) is 1. The fraction of sp³-hybridized carbons (Fsp3) is 0.143. The Morgan fingerprint density at radius 2 is 1.92 bits per heavy atom. The number of rotatable bonds is 3. The maximum absolute atomic E-state index is 11.0. The topological polar surface area (TPSA) is 77.6 Å². The predicted octanol–water partition coefficient (Wildman–Crippen LogP) is -0.879. The van der Waals surface area contributed by atoms with E-state index in [1.807, 2.05) is 19.2 Å². The van der Waals surface area contributed by atoms with Crippen molar-refractivity contribution in [2.24, 2.45) is 5.84 Å². The number of quaternary nitrogens is 1. The quantitative estimate of drug-likeness (QED) is 0.349. The van der Waals surface area contributed by atoms with Gasteiger partial charge in [0, 0.05) is 24.9 Å². The van der Waals surface area contributed by atoms with Crippen molar-refractivity contribution < 1.29 is 5.17 Å². The average molecular weight is 168 g/mol. The summed E-state index contributed by atoms with van der Waals surface area (Å²) >= 11 is 0. The minimum atomic E-state index is -0.280. The van der Waals surface area contributed by atoms with Crippen molar-refractivity contribution in [3.05, 3.63) is 29.5 Å². The molecule has 0 bridgehead atoms. The van der Waals surface area contributed by atoms with Crippen LogP contribution in [-0.2, 0) is 0 Å². The van der Waals surface area contributed by atoms with Gasteiger partial charge in [-0.1, -0.05) is 5.53 Å². The van der Waals surface area contributed by atoms with Crippen molar-refractivity contribution in [1.29, 1.82) is 0 Å². The summed E-state index contributed by atoms with van der Waals surface area (Å²) in [5, 5.41) is 13.6. The Balaban J connectivity index is 2.77. The minimum absolute atomic E-state index is 0.280. The second kappa shape index (κ2) is 4.03. The van der Waals surface area contributed by atoms with E-state index in [1.165, 1.54) is 0 Å². The standard InChI is InChI=1S/C7H12N4O/c1-9-6-2-4-7(5-3-6)11(12)10-8/h2-5,9-11H,8H2,1H3. The van der Waals surface area contributed by atoms with Crippen molar-refractivity contribution in [3.8, 4) is 0 Å². The van der Waals surface area contributed by atoms with Gasteiger partial charge in [0.2, 0.25) is 0 Å². The lowest BCUT2D eigenvalue weighted by Crippen LogP contribution is -3.11. The molecule has 1 aromatic rings. The summed E-state index contributed by atoms with van der Waals surface area (Å²) in [7, 11) is 1.82. The summed E-state index contributed by atoms with van der Waals surface area (Å²) in [6, 6.07) is 7.02. The van der Waals surface area contributed by atoms with Crippen LogP contribution in [0.4, 0.5) is 11.4 Å². The van der Waals surface area contributed by atoms with Crippen LogP contribution in [0.5, 0.6) is 0 Å². The lowest BCUT2D eigenvalue weighted by molar-refractivity contribution is -0.830. The molecule has 0 spiro atoms. The number of hydrogen-bond acceptors (Lipinski definition) is 4. The molecule has 1 rings (SSSR count). The van der Waals surface area contributed by atoms with Crippen LogP contribution in [0.3, 0.4) is 0 Å². The van der Waals surface area contributed by atoms with Crippen LogP contribution >= 0.6 is 0 Å². The smallest absolute Gasteiger partial charge is 0.151 e. The second-order valence-corrected chi connectivity index (χ2v) is 2.30. The molecule has 5 nitrogen and oxygen atoms in total. The fourth-order valence-corrected chi connectivity index (χ4v) is 0.872. The van der Waals surface area contributed by atoms with Crippen molar-refractivity contribution >= 4 is 11.4 Å². The predicted molar refractivity (Wildman–Crippen MR) is 47.3 cm³/mol. The van der Waals surface area contributed by atoms with Gasteiger partial charge in [-0.3, -0.25) is 0 Å². The molecule has 1 aromatic carbocycles. The molecule has 0 aromatic heterocycles. The largest absolute Gasteiger partial charge is 0.607 e. The zero-order chi connectivity index (χ0) is 8.97. The summed E-state index contributed by atoms with van der Waals surface area (Å²) in [5.41, 5.74) is 3.57. The van der Waals surface area contributed by atoms with Crippen LogP contribution < -0.4 is 21.9 Å². The molecule has 1 unspecified atom stereocenters. The molecular formula is C7H12N4O. The number of anilines is 1. The molecule has 0 aliphatic heterocycles. The van der Waals surface area contributed by atoms with Gasteiger partial charge < -0.3 is 10.5 Å². The van der Waals surface area contributed by atoms with E-state index >= 15 is 0 Å². The van der Waals surface area contributed by atoms with E-state index in [2.05, 4.69) is 10.9 Å². The first kappa shape index (κ1) is 8.95. The summed E-state index contributed by atoms with van der Waals surface area (Å²) in [5.74, 6) is 4.96. The molecule has 0 aliphatic carbocycles. The molecule has 0 radical (unpaired) electrons. The third-order valence-electron chi connectivity index (χ3n) is 1.57. The Bertz CT molecular complexity index is 236. The zero-order valence-corrected chi connectivity index (χ0v) is 6.79. The fourth-order valence-electron chi connectivity index (χ4n) is 0.872. The van der Waals surface area contributed by atoms with E-state index in [4.69, 9.17) is 5.84 Å². The van der Waals surface area contributed by atoms with Crippen LogP contribution in [0.1, 0.15) is 0 Å². The maximum atomic E-state index is 11.0. The van der Waals surface area contributed by atoms with Crippen molar-refractivity contribution in [2.45, 2.75) is 0 Å². The van der Waals surface area contributed by atoms with Gasteiger partial charge in [0.15, 0.2) is 5.69 Å². The van der Waals surface area contributed by atoms with Gasteiger partial charge in [0.25, 0.3) is 0 Å². The molecule has 0 saturated carbocycles. The minimum Gasteiger partial charge on any atom is -0.607 e. The highest BCUT2D eigenvalue weighted by Gasteiger charge is 1.98. The van der Waals surface area contributed by atoms with Gasteiger partial charge in [-0.25, -0.2) is 11.0 Å². The molecule has 0 heterocycles. The third-order valence-corrected chi connectivity index (χ3v) is 1.57. The molecule has 1 atom stereocenters. The summed E-state index contributed by atoms with van der Waals surface area (Å²) in [4.78, 5) is 0. The molecule has 66 valence electrons. The highest BCUT2D eigenvalue weighted by molar-refractivity contribution is 5.47. The Kier molecular flexibility index (Phi) is 3.01. The van der Waals surface area contributed by atoms with E-state index in [0.29, 0.717) is 5.69 Å². The second-order valence-electron chi connectivity index (χ2n) is 2.30. The SMILES string of the molecule is CNc1ccc([NH+]([O-])NN)cc1. The first-order valence-electron chi connectivity index (χ1n) is 3.56. The van der Waals surface area contributed by atoms with Crippen molar-refractivity contribution in [1.82, 2.24) is 5.53 Å². The highest BCUT2D eigenvalue weighted by Crippen LogP contribution is 2.08. The van der Waals surface area contributed by atoms with Gasteiger partial charge in [-0.05, 0) is 12.1 Å². The average Bonchev–Trinajstić information content (AvgIpc) is 2.17. The van der Waals surface area contributed by atoms with Gasteiger partial charge >= 0.3 is 0 Å². The van der Waals surface area contributed by atoms with Crippen molar-refractivity contribution in [2.75, 3.05) is 12.4 Å². The highest BCUT2D eigenvalue weighted by atomic mass is 16.5. The Hall–Kier alpha value is -1.14. The molecular weight excluding hydrogens is 156 g/mol. The number of hydrogen-bond donors (Lipinski definition) is 4. The molecule has 0 fully saturated rings. The maximum Gasteiger partial charge on any atom is 0.151 e. The van der Waals surface area contributed by atoms with E-state index in [-0.39, 0.29) is 5.17 Å². The van der Waals surface area contributed by atoms with E-state index in [0.717, 1.165) is 5.69 Å². The van der Waals surface area contributed by atoms with Gasteiger partial charge in [0.1, 0.15) is 0 Å². The first-order valence-corrected chi connectivity index (χ1v) is 3.56. The van der Waals surface area contributed by atoms with Crippen LogP contribution in [0.2, 0.25) is 0 Å². The molecule has 5 N–H and O–H groups in total. The van der Waals surface area contributed by atoms with Crippen LogP contribution in [-0.4, -0.2) is 7.05 Å². The van der Waals surface area contributed by atoms with Crippen LogP contribution in [0, 0.1) is 5.21 Å². The molecule has 5 heteroatoms. The van der Waals surface area contributed by atoms with E-state index in [1.54, 1.807) is 12.1 Å². The third kappa shape index (κ3) is 1.93. The number of nitrogens with one attached hydrogen (secondary N) is 3. The monoisotopic (exact) mass is 168 g/mol. The van der Waals surface area contributed by atoms with Crippen LogP contribution in [0.15, 0.2) is 24.3 Å². The molecule has 0 amide bonds. The zero-order valence-electron chi connectivity index (χ0n) is 6.79. The lowest BCUT2D eigenvalue weighted by atomic mass is 10.3.